The van der Waals surface area contributed by atoms with Crippen LogP contribution in [0.3, 0.4) is 0 Å². The number of carbonyl (C=O) groups is 1. The Morgan fingerprint density at radius 2 is 2.00 bits per heavy atom. The molecule has 0 spiro atoms. The highest BCUT2D eigenvalue weighted by molar-refractivity contribution is 5.79. The minimum atomic E-state index is 0.132. The molecule has 104 valence electrons. The summed E-state index contributed by atoms with van der Waals surface area (Å²) in [5.74, 6) is 0.676. The number of likely N-dealkylation sites (tertiary alicyclic amines) is 1. The predicted octanol–water partition coefficient (Wildman–Crippen LogP) is 0.962. The van der Waals surface area contributed by atoms with Gasteiger partial charge in [-0.2, -0.15) is 0 Å². The molecule has 18 heavy (non-hydrogen) atoms. The minimum Gasteiger partial charge on any atom is -0.355 e. The van der Waals surface area contributed by atoms with Crippen molar-refractivity contribution in [3.8, 4) is 0 Å². The summed E-state index contributed by atoms with van der Waals surface area (Å²) in [4.78, 5) is 14.6. The third kappa shape index (κ3) is 3.45. The Balaban J connectivity index is 1.70. The Hall–Kier alpha value is -0.610. The lowest BCUT2D eigenvalue weighted by molar-refractivity contribution is -0.127. The van der Waals surface area contributed by atoms with Gasteiger partial charge in [-0.1, -0.05) is 13.3 Å². The van der Waals surface area contributed by atoms with E-state index in [2.05, 4.69) is 17.1 Å². The number of nitrogens with one attached hydrogen (secondary N) is 1. The first-order valence-corrected chi connectivity index (χ1v) is 7.44. The van der Waals surface area contributed by atoms with Gasteiger partial charge in [0.25, 0.3) is 0 Å². The van der Waals surface area contributed by atoms with E-state index in [-0.39, 0.29) is 17.9 Å². The fourth-order valence-electron chi connectivity index (χ4n) is 3.24. The van der Waals surface area contributed by atoms with Crippen molar-refractivity contribution < 1.29 is 4.79 Å². The topological polar surface area (TPSA) is 58.4 Å². The lowest BCUT2D eigenvalue weighted by Crippen LogP contribution is -2.45. The number of hydrogen-bond acceptors (Lipinski definition) is 3. The summed E-state index contributed by atoms with van der Waals surface area (Å²) in [6, 6.07) is 0.202. The molecule has 1 saturated heterocycles. The van der Waals surface area contributed by atoms with Crippen LogP contribution in [0.4, 0.5) is 0 Å². The molecule has 3 atom stereocenters. The van der Waals surface area contributed by atoms with E-state index in [0.29, 0.717) is 5.92 Å². The maximum absolute atomic E-state index is 12.1. The van der Waals surface area contributed by atoms with Gasteiger partial charge in [0.2, 0.25) is 5.91 Å². The van der Waals surface area contributed by atoms with E-state index in [9.17, 15) is 4.79 Å². The van der Waals surface area contributed by atoms with E-state index in [0.717, 1.165) is 32.4 Å². The number of amides is 1. The zero-order chi connectivity index (χ0) is 13.0. The highest BCUT2D eigenvalue weighted by Crippen LogP contribution is 2.28. The van der Waals surface area contributed by atoms with Gasteiger partial charge in [0, 0.05) is 25.0 Å². The monoisotopic (exact) mass is 253 g/mol. The molecule has 0 radical (unpaired) electrons. The van der Waals surface area contributed by atoms with Crippen LogP contribution in [0.5, 0.6) is 0 Å². The van der Waals surface area contributed by atoms with Gasteiger partial charge in [-0.15, -0.1) is 0 Å². The molecule has 0 bridgehead atoms. The van der Waals surface area contributed by atoms with E-state index in [1.165, 1.54) is 25.9 Å². The van der Waals surface area contributed by atoms with E-state index >= 15 is 0 Å². The van der Waals surface area contributed by atoms with Crippen LogP contribution in [0.25, 0.3) is 0 Å². The summed E-state index contributed by atoms with van der Waals surface area (Å²) >= 11 is 0. The molecule has 1 aliphatic carbocycles. The van der Waals surface area contributed by atoms with Crippen molar-refractivity contribution in [3.63, 3.8) is 0 Å². The molecule has 1 amide bonds. The standard InChI is InChI=1S/C14H27N3O/c1-11-12(5-4-6-13(11)15)14(18)16-7-10-17-8-2-3-9-17/h11-13H,2-10,15H2,1H3,(H,16,18). The van der Waals surface area contributed by atoms with Crippen LogP contribution in [-0.4, -0.2) is 43.0 Å². The summed E-state index contributed by atoms with van der Waals surface area (Å²) in [7, 11) is 0. The van der Waals surface area contributed by atoms with Crippen molar-refractivity contribution in [2.75, 3.05) is 26.2 Å². The van der Waals surface area contributed by atoms with Crippen molar-refractivity contribution in [2.24, 2.45) is 17.6 Å². The normalized spacial score (nSPS) is 33.6. The van der Waals surface area contributed by atoms with Crippen molar-refractivity contribution in [3.05, 3.63) is 0 Å². The largest absolute Gasteiger partial charge is 0.355 e. The number of nitrogens with zero attached hydrogens (tertiary/aromatic N) is 1. The SMILES string of the molecule is CC1C(N)CCCC1C(=O)NCCN1CCCC1. The second-order valence-electron chi connectivity index (χ2n) is 5.90. The van der Waals surface area contributed by atoms with Gasteiger partial charge in [-0.25, -0.2) is 0 Å². The molecule has 1 heterocycles. The first kappa shape index (κ1) is 13.8. The predicted molar refractivity (Wildman–Crippen MR) is 73.2 cm³/mol. The van der Waals surface area contributed by atoms with Gasteiger partial charge in [0.05, 0.1) is 0 Å². The van der Waals surface area contributed by atoms with Gasteiger partial charge < -0.3 is 16.0 Å². The zero-order valence-corrected chi connectivity index (χ0v) is 11.5. The Morgan fingerprint density at radius 3 is 2.72 bits per heavy atom. The second kappa shape index (κ2) is 6.53. The lowest BCUT2D eigenvalue weighted by Gasteiger charge is -2.33. The molecule has 4 heteroatoms. The fourth-order valence-corrected chi connectivity index (χ4v) is 3.24. The number of hydrogen-bond donors (Lipinski definition) is 2. The van der Waals surface area contributed by atoms with Crippen LogP contribution >= 0.6 is 0 Å². The molecular formula is C14H27N3O. The Kier molecular flexibility index (Phi) is 5.01. The van der Waals surface area contributed by atoms with Crippen LogP contribution in [-0.2, 0) is 4.79 Å². The number of rotatable bonds is 4. The van der Waals surface area contributed by atoms with Crippen LogP contribution in [0.15, 0.2) is 0 Å². The number of carbonyl (C=O) groups excluding carboxylic acids is 1. The molecule has 2 rings (SSSR count). The molecule has 3 unspecified atom stereocenters. The quantitative estimate of drug-likeness (QED) is 0.784. The highest BCUT2D eigenvalue weighted by Gasteiger charge is 2.32. The second-order valence-corrected chi connectivity index (χ2v) is 5.90. The molecule has 2 aliphatic rings. The maximum atomic E-state index is 12.1. The summed E-state index contributed by atoms with van der Waals surface area (Å²) in [6.45, 7) is 6.30. The highest BCUT2D eigenvalue weighted by atomic mass is 16.1. The molecule has 0 aromatic heterocycles. The Morgan fingerprint density at radius 1 is 1.28 bits per heavy atom. The molecule has 1 saturated carbocycles. The molecule has 3 N–H and O–H groups in total. The number of nitrogens with two attached hydrogens (primary N) is 1. The van der Waals surface area contributed by atoms with Crippen LogP contribution in [0.2, 0.25) is 0 Å². The maximum Gasteiger partial charge on any atom is 0.223 e. The summed E-state index contributed by atoms with van der Waals surface area (Å²) in [5.41, 5.74) is 6.05. The van der Waals surface area contributed by atoms with Crippen LogP contribution < -0.4 is 11.1 Å². The lowest BCUT2D eigenvalue weighted by atomic mass is 9.77. The van der Waals surface area contributed by atoms with E-state index in [1.807, 2.05) is 0 Å². The average molecular weight is 253 g/mol. The van der Waals surface area contributed by atoms with E-state index < -0.39 is 0 Å². The van der Waals surface area contributed by atoms with Gasteiger partial charge in [-0.05, 0) is 44.7 Å². The van der Waals surface area contributed by atoms with Crippen LogP contribution in [0.1, 0.15) is 39.0 Å². The van der Waals surface area contributed by atoms with E-state index in [4.69, 9.17) is 5.73 Å². The van der Waals surface area contributed by atoms with Gasteiger partial charge in [-0.3, -0.25) is 4.79 Å². The van der Waals surface area contributed by atoms with E-state index in [1.54, 1.807) is 0 Å². The van der Waals surface area contributed by atoms with Gasteiger partial charge >= 0.3 is 0 Å². The summed E-state index contributed by atoms with van der Waals surface area (Å²) in [6.07, 6.45) is 5.78. The van der Waals surface area contributed by atoms with Crippen molar-refractivity contribution in [1.82, 2.24) is 10.2 Å². The Bertz CT molecular complexity index is 276. The minimum absolute atomic E-state index is 0.132. The van der Waals surface area contributed by atoms with Crippen molar-refractivity contribution in [2.45, 2.75) is 45.1 Å². The first-order valence-electron chi connectivity index (χ1n) is 7.44. The first-order chi connectivity index (χ1) is 8.68. The molecule has 2 fully saturated rings. The van der Waals surface area contributed by atoms with Crippen LogP contribution in [0, 0.1) is 11.8 Å². The van der Waals surface area contributed by atoms with Crippen molar-refractivity contribution >= 4 is 5.91 Å². The van der Waals surface area contributed by atoms with Crippen molar-refractivity contribution in [1.29, 1.82) is 0 Å². The average Bonchev–Trinajstić information content (AvgIpc) is 2.85. The summed E-state index contributed by atoms with van der Waals surface area (Å²) in [5, 5.41) is 3.09. The third-order valence-corrected chi connectivity index (χ3v) is 4.63. The smallest absolute Gasteiger partial charge is 0.223 e. The molecule has 1 aliphatic heterocycles. The molecular weight excluding hydrogens is 226 g/mol. The third-order valence-electron chi connectivity index (χ3n) is 4.63. The molecule has 0 aromatic carbocycles. The van der Waals surface area contributed by atoms with Gasteiger partial charge in [0.1, 0.15) is 0 Å². The zero-order valence-electron chi connectivity index (χ0n) is 11.5. The summed E-state index contributed by atoms with van der Waals surface area (Å²) < 4.78 is 0. The molecule has 0 aromatic rings. The fraction of sp³-hybridized carbons (Fsp3) is 0.929. The Labute approximate surface area is 110 Å². The molecule has 4 nitrogen and oxygen atoms in total. The van der Waals surface area contributed by atoms with Gasteiger partial charge in [0.15, 0.2) is 0 Å².